The molecule has 0 aromatic heterocycles. The smallest absolute Gasteiger partial charge is 0.244 e. The molecular weight excluding hydrogens is 1430 g/mol. The molecule has 558 valence electrons. The van der Waals surface area contributed by atoms with Gasteiger partial charge in [0.05, 0.1) is 25.4 Å². The lowest BCUT2D eigenvalue weighted by Crippen LogP contribution is -2.46. The number of halogens is 5. The molecule has 15 rings (SSSR count). The molecule has 6 aromatic carbocycles. The van der Waals surface area contributed by atoms with Crippen molar-refractivity contribution >= 4 is 64.9 Å². The van der Waals surface area contributed by atoms with Crippen LogP contribution in [0, 0.1) is 11.6 Å². The molecule has 3 aliphatic heterocycles. The molecule has 9 fully saturated rings. The van der Waals surface area contributed by atoms with E-state index in [1.807, 2.05) is 0 Å². The number of ether oxygens (including phenoxy) is 4. The molecule has 0 amide bonds. The number of methoxy groups -OCH3 is 1. The highest BCUT2D eigenvalue weighted by Gasteiger charge is 2.38. The van der Waals surface area contributed by atoms with Crippen molar-refractivity contribution in [3.8, 4) is 23.0 Å². The third-order valence-electron chi connectivity index (χ3n) is 22.5. The summed E-state index contributed by atoms with van der Waals surface area (Å²) in [5.74, 6) is 3.57. The molecule has 6 aliphatic carbocycles. The first-order valence-corrected chi connectivity index (χ1v) is 43.1. The van der Waals surface area contributed by atoms with E-state index in [2.05, 4.69) is 102 Å². The molecule has 6 saturated carbocycles. The van der Waals surface area contributed by atoms with Crippen molar-refractivity contribution in [3.63, 3.8) is 0 Å². The number of nitrogens with one attached hydrogen (secondary N) is 3. The topological polar surface area (TPSA) is 185 Å². The van der Waals surface area contributed by atoms with Crippen LogP contribution in [0.5, 0.6) is 23.0 Å². The third-order valence-corrected chi connectivity index (χ3v) is 27.8. The summed E-state index contributed by atoms with van der Waals surface area (Å²) in [7, 11) is -10.1. The Morgan fingerprint density at radius 2 is 0.612 bits per heavy atom. The molecule has 9 aliphatic rings. The molecule has 24 heteroatoms. The number of likely N-dealkylation sites (tertiary alicyclic amines) is 3. The minimum absolute atomic E-state index is 0.0658. The number of nitrogens with zero attached hydrogens (tertiary/aromatic N) is 3. The molecule has 3 N–H and O–H groups in total. The van der Waals surface area contributed by atoms with E-state index in [0.29, 0.717) is 65.0 Å². The number of rotatable bonds is 22. The second-order valence-corrected chi connectivity index (χ2v) is 36.2. The summed E-state index contributed by atoms with van der Waals surface area (Å²) in [4.78, 5) is 7.10. The van der Waals surface area contributed by atoms with E-state index in [1.54, 1.807) is 12.1 Å². The number of benzene rings is 6. The largest absolute Gasteiger partial charge is 0.495 e. The fraction of sp³-hybridized carbons (Fsp3) is 0.544. The Kier molecular flexibility index (Phi) is 25.4. The highest BCUT2D eigenvalue weighted by Crippen LogP contribution is 2.43. The summed E-state index contributed by atoms with van der Waals surface area (Å²) in [6.07, 6.45) is 25.5. The Morgan fingerprint density at radius 1 is 0.340 bits per heavy atom. The SMILES string of the molecule is COc1ccc(Cl)cc1S(=O)(=O)NC1CCC(N2CCC(c3ccccc3OC3CC3)CC2)CC1.O=S(=O)(NC1CCC(N2CCC(c3ccccc3OC3CC3)CC2)CC1)c1cc(Cl)ccc1F.O=S(=O)(NC1CCC(N2CCC(c3ccccc3OC3CC3)CC2)CC1)c1cc(Cl)ccc1F. The highest BCUT2D eigenvalue weighted by atomic mass is 35.5. The monoisotopic (exact) mass is 1530 g/mol. The van der Waals surface area contributed by atoms with Gasteiger partial charge in [0.15, 0.2) is 0 Å². The van der Waals surface area contributed by atoms with E-state index in [0.717, 1.165) is 184 Å². The van der Waals surface area contributed by atoms with Crippen molar-refractivity contribution in [2.45, 2.75) is 241 Å². The first-order valence-electron chi connectivity index (χ1n) is 37.5. The van der Waals surface area contributed by atoms with Crippen LogP contribution in [-0.4, -0.2) is 141 Å². The quantitative estimate of drug-likeness (QED) is 0.0584. The Labute approximate surface area is 623 Å². The zero-order valence-corrected chi connectivity index (χ0v) is 63.5. The highest BCUT2D eigenvalue weighted by molar-refractivity contribution is 7.90. The summed E-state index contributed by atoms with van der Waals surface area (Å²) >= 11 is 17.8. The van der Waals surface area contributed by atoms with E-state index in [1.165, 1.54) is 92.7 Å². The van der Waals surface area contributed by atoms with Crippen molar-refractivity contribution < 1.29 is 53.0 Å². The van der Waals surface area contributed by atoms with Gasteiger partial charge < -0.3 is 33.6 Å². The van der Waals surface area contributed by atoms with Gasteiger partial charge in [-0.1, -0.05) is 89.4 Å². The minimum Gasteiger partial charge on any atom is -0.495 e. The van der Waals surface area contributed by atoms with Gasteiger partial charge in [0.25, 0.3) is 0 Å². The molecule has 0 unspecified atom stereocenters. The van der Waals surface area contributed by atoms with E-state index in [9.17, 15) is 34.0 Å². The second kappa shape index (κ2) is 34.4. The molecule has 0 radical (unpaired) electrons. The molecule has 16 nitrogen and oxygen atoms in total. The third kappa shape index (κ3) is 20.4. The summed E-state index contributed by atoms with van der Waals surface area (Å²) < 4.78 is 137. The van der Waals surface area contributed by atoms with E-state index in [4.69, 9.17) is 53.8 Å². The maximum atomic E-state index is 14.1. The maximum Gasteiger partial charge on any atom is 0.244 e. The lowest BCUT2D eigenvalue weighted by molar-refractivity contribution is 0.115. The van der Waals surface area contributed by atoms with Crippen LogP contribution in [-0.2, 0) is 30.1 Å². The van der Waals surface area contributed by atoms with Crippen LogP contribution in [0.3, 0.4) is 0 Å². The number of hydrogen-bond acceptors (Lipinski definition) is 13. The van der Waals surface area contributed by atoms with Crippen LogP contribution >= 0.6 is 34.8 Å². The van der Waals surface area contributed by atoms with E-state index in [-0.39, 0.29) is 42.9 Å². The first kappa shape index (κ1) is 76.1. The lowest BCUT2D eigenvalue weighted by Gasteiger charge is -2.41. The molecule has 0 atom stereocenters. The molecule has 103 heavy (non-hydrogen) atoms. The summed E-state index contributed by atoms with van der Waals surface area (Å²) in [5, 5.41) is 0.784. The normalized spacial score (nSPS) is 24.6. The van der Waals surface area contributed by atoms with Crippen LogP contribution in [0.1, 0.15) is 189 Å². The predicted octanol–water partition coefficient (Wildman–Crippen LogP) is 16.3. The maximum absolute atomic E-state index is 14.1. The van der Waals surface area contributed by atoms with Crippen LogP contribution in [0.2, 0.25) is 15.1 Å². The zero-order chi connectivity index (χ0) is 71.8. The van der Waals surface area contributed by atoms with Gasteiger partial charge in [-0.05, 0) is 301 Å². The molecule has 3 heterocycles. The molecular formula is C79H99Cl3F2N6O10S3. The van der Waals surface area contributed by atoms with Gasteiger partial charge in [-0.2, -0.15) is 0 Å². The van der Waals surface area contributed by atoms with Gasteiger partial charge in [0.2, 0.25) is 30.1 Å². The average Bonchev–Trinajstić information content (AvgIpc) is 1.80. The van der Waals surface area contributed by atoms with Gasteiger partial charge >= 0.3 is 0 Å². The van der Waals surface area contributed by atoms with Gasteiger partial charge in [-0.15, -0.1) is 0 Å². The van der Waals surface area contributed by atoms with Gasteiger partial charge in [-0.25, -0.2) is 48.2 Å². The number of sulfonamides is 3. The van der Waals surface area contributed by atoms with E-state index >= 15 is 0 Å². The van der Waals surface area contributed by atoms with Crippen LogP contribution in [0.15, 0.2) is 142 Å². The van der Waals surface area contributed by atoms with Crippen molar-refractivity contribution in [1.82, 2.24) is 28.9 Å². The molecule has 0 bridgehead atoms. The number of piperidine rings is 3. The summed E-state index contributed by atoms with van der Waals surface area (Å²) in [6.45, 7) is 6.38. The second-order valence-electron chi connectivity index (χ2n) is 29.8. The summed E-state index contributed by atoms with van der Waals surface area (Å²) in [6, 6.07) is 38.5. The van der Waals surface area contributed by atoms with Crippen molar-refractivity contribution in [3.05, 3.63) is 171 Å². The number of para-hydroxylation sites is 3. The zero-order valence-electron chi connectivity index (χ0n) is 58.8. The van der Waals surface area contributed by atoms with Gasteiger partial charge in [-0.3, -0.25) is 0 Å². The van der Waals surface area contributed by atoms with Crippen LogP contribution < -0.4 is 33.1 Å². The Balaban J connectivity index is 0.000000138. The van der Waals surface area contributed by atoms with Crippen molar-refractivity contribution in [2.24, 2.45) is 0 Å². The predicted molar refractivity (Wildman–Crippen MR) is 401 cm³/mol. The van der Waals surface area contributed by atoms with Gasteiger partial charge in [0, 0.05) is 51.3 Å². The Bertz CT molecular complexity index is 4010. The first-order chi connectivity index (χ1) is 49.7. The lowest BCUT2D eigenvalue weighted by atomic mass is 9.85. The van der Waals surface area contributed by atoms with E-state index < -0.39 is 41.7 Å². The molecule has 0 spiro atoms. The molecule has 6 aromatic rings. The van der Waals surface area contributed by atoms with Crippen molar-refractivity contribution in [1.29, 1.82) is 0 Å². The van der Waals surface area contributed by atoms with Crippen molar-refractivity contribution in [2.75, 3.05) is 46.4 Å². The fourth-order valence-corrected chi connectivity index (χ4v) is 21.4. The average molecular weight is 1530 g/mol. The van der Waals surface area contributed by atoms with Crippen LogP contribution in [0.4, 0.5) is 8.78 Å². The summed E-state index contributed by atoms with van der Waals surface area (Å²) in [5.41, 5.74) is 4.06. The minimum atomic E-state index is -3.94. The van der Waals surface area contributed by atoms with Gasteiger partial charge in [0.1, 0.15) is 49.3 Å². The Hall–Kier alpha value is -5.14. The molecule has 3 saturated heterocycles. The standard InChI is InChI=1S/C27H35ClN2O4S.2C26H32ClFN2O3S/c1-33-26-13-6-20(28)18-27(26)35(31,32)29-21-7-9-22(10-8-21)30-16-14-19(15-17-30)24-4-2-3-5-25(24)34-23-11-12-23;2*27-19-5-12-24(28)26(17-19)34(31,32)29-20-6-8-21(9-7-20)30-15-13-18(14-16-30)23-3-1-2-4-25(23)33-22-10-11-22/h2-6,13,18-19,21-23,29H,7-12,14-17H2,1H3;2*1-5,12,17-18,20-22,29H,6-11,13-16H2. The fourth-order valence-electron chi connectivity index (χ4n) is 16.4. The van der Waals surface area contributed by atoms with Crippen LogP contribution in [0.25, 0.3) is 0 Å². The Morgan fingerprint density at radius 3 is 0.903 bits per heavy atom. The number of hydrogen-bond donors (Lipinski definition) is 3.